The summed E-state index contributed by atoms with van der Waals surface area (Å²) in [7, 11) is 3.25. The first kappa shape index (κ1) is 19.8. The third kappa shape index (κ3) is 4.95. The van der Waals surface area contributed by atoms with E-state index in [9.17, 15) is 0 Å². The van der Waals surface area contributed by atoms with Crippen molar-refractivity contribution in [2.45, 2.75) is 0 Å². The summed E-state index contributed by atoms with van der Waals surface area (Å²) in [5.74, 6) is 1.52. The molecule has 0 aliphatic heterocycles. The number of methoxy groups -OCH3 is 2. The summed E-state index contributed by atoms with van der Waals surface area (Å²) < 4.78 is 10.3. The average Bonchev–Trinajstić information content (AvgIpc) is 2.39. The molecule has 0 aliphatic carbocycles. The van der Waals surface area contributed by atoms with Crippen LogP contribution >= 0.6 is 0 Å². The van der Waals surface area contributed by atoms with E-state index in [1.165, 1.54) is 0 Å². The van der Waals surface area contributed by atoms with Crippen LogP contribution in [-0.4, -0.2) is 29.7 Å². The summed E-state index contributed by atoms with van der Waals surface area (Å²) in [6.07, 6.45) is 3.38. The van der Waals surface area contributed by atoms with Gasteiger partial charge in [-0.2, -0.15) is 0 Å². The largest absolute Gasteiger partial charge is 0.497 e. The van der Waals surface area contributed by atoms with Crippen LogP contribution < -0.4 is 9.47 Å². The summed E-state index contributed by atoms with van der Waals surface area (Å²) in [6.45, 7) is 0. The van der Waals surface area contributed by atoms with E-state index in [-0.39, 0.29) is 33.0 Å². The normalized spacial score (nSPS) is 8.32. The number of pyridine rings is 2. The zero-order valence-electron chi connectivity index (χ0n) is 11.0. The maximum absolute atomic E-state index is 5.13. The Bertz CT molecular complexity index is 449. The van der Waals surface area contributed by atoms with Crippen molar-refractivity contribution in [2.24, 2.45) is 0 Å². The van der Waals surface area contributed by atoms with Gasteiger partial charge in [-0.3, -0.25) is 9.97 Å². The second kappa shape index (κ2) is 9.44. The van der Waals surface area contributed by atoms with Crippen LogP contribution in [0.25, 0.3) is 11.4 Å². The van der Waals surface area contributed by atoms with Gasteiger partial charge in [0.05, 0.1) is 25.6 Å². The van der Waals surface area contributed by atoms with Crippen LogP contribution in [-0.2, 0) is 20.1 Å². The Morgan fingerprint density at radius 3 is 1.53 bits per heavy atom. The first-order valence-corrected chi connectivity index (χ1v) is 4.84. The minimum absolute atomic E-state index is 0. The molecule has 1 radical (unpaired) electrons. The summed E-state index contributed by atoms with van der Waals surface area (Å²) in [6, 6.07) is 7.26. The van der Waals surface area contributed by atoms with Crippen LogP contribution in [0.2, 0.25) is 0 Å². The third-order valence-electron chi connectivity index (χ3n) is 2.20. The Labute approximate surface area is 126 Å². The summed E-state index contributed by atoms with van der Waals surface area (Å²) in [5.41, 5.74) is 1.52. The van der Waals surface area contributed by atoms with Gasteiger partial charge < -0.3 is 22.4 Å². The van der Waals surface area contributed by atoms with E-state index in [4.69, 9.17) is 9.47 Å². The zero-order valence-corrected chi connectivity index (χ0v) is 13.4. The first-order valence-electron chi connectivity index (χ1n) is 4.84. The SMILES string of the molecule is COc1ccnc(-c2cc(OC)ccn2)c1.O.[CH3-].[Ir]. The van der Waals surface area contributed by atoms with Crippen molar-refractivity contribution < 1.29 is 35.1 Å². The molecule has 0 fully saturated rings. The smallest absolute Gasteiger partial charge is 0.122 e. The zero-order chi connectivity index (χ0) is 11.4. The molecule has 5 nitrogen and oxygen atoms in total. The molecular formula is C13H17IrN2O3-. The first-order chi connectivity index (χ1) is 7.83. The molecule has 0 atom stereocenters. The number of aromatic nitrogens is 2. The predicted octanol–water partition coefficient (Wildman–Crippen LogP) is 1.78. The van der Waals surface area contributed by atoms with Crippen LogP contribution in [0, 0.1) is 7.43 Å². The standard InChI is InChI=1S/C12H12N2O2.CH3.Ir.H2O/c1-15-9-3-5-13-11(7-9)12-8-10(16-2)4-6-14-12;;;/h3-8H,1-2H3;1H3;;1H2/q;-1;;. The van der Waals surface area contributed by atoms with Gasteiger partial charge in [0.2, 0.25) is 0 Å². The molecule has 19 heavy (non-hydrogen) atoms. The molecule has 0 aromatic carbocycles. The fraction of sp³-hybridized carbons (Fsp3) is 0.154. The molecule has 0 spiro atoms. The van der Waals surface area contributed by atoms with Gasteiger partial charge in [-0.05, 0) is 12.1 Å². The molecule has 107 valence electrons. The van der Waals surface area contributed by atoms with Gasteiger partial charge in [-0.1, -0.05) is 0 Å². The van der Waals surface area contributed by atoms with Crippen molar-refractivity contribution in [1.29, 1.82) is 0 Å². The van der Waals surface area contributed by atoms with E-state index in [1.807, 2.05) is 12.1 Å². The Morgan fingerprint density at radius 1 is 0.842 bits per heavy atom. The maximum atomic E-state index is 5.13. The molecule has 0 amide bonds. The van der Waals surface area contributed by atoms with Gasteiger partial charge in [0, 0.05) is 44.6 Å². The molecular weight excluding hydrogens is 424 g/mol. The molecule has 2 aromatic heterocycles. The second-order valence-corrected chi connectivity index (χ2v) is 3.16. The quantitative estimate of drug-likeness (QED) is 0.681. The van der Waals surface area contributed by atoms with Crippen LogP contribution in [0.5, 0.6) is 11.5 Å². The van der Waals surface area contributed by atoms with Gasteiger partial charge in [-0.25, -0.2) is 0 Å². The molecule has 0 unspecified atom stereocenters. The molecule has 2 heterocycles. The molecule has 0 bridgehead atoms. The number of nitrogens with zero attached hydrogens (tertiary/aromatic N) is 2. The Balaban J connectivity index is 0. The average molecular weight is 442 g/mol. The minimum Gasteiger partial charge on any atom is -0.497 e. The van der Waals surface area contributed by atoms with Crippen LogP contribution in [0.15, 0.2) is 36.7 Å². The number of ether oxygens (including phenoxy) is 2. The summed E-state index contributed by atoms with van der Waals surface area (Å²) in [4.78, 5) is 8.47. The van der Waals surface area contributed by atoms with E-state index in [0.717, 1.165) is 22.9 Å². The maximum Gasteiger partial charge on any atom is 0.122 e. The molecule has 2 rings (SSSR count). The van der Waals surface area contributed by atoms with Crippen molar-refractivity contribution in [3.8, 4) is 22.9 Å². The van der Waals surface area contributed by atoms with Crippen molar-refractivity contribution in [2.75, 3.05) is 14.2 Å². The monoisotopic (exact) mass is 442 g/mol. The minimum atomic E-state index is 0. The molecule has 2 N–H and O–H groups in total. The Morgan fingerprint density at radius 2 is 1.21 bits per heavy atom. The number of rotatable bonds is 3. The second-order valence-electron chi connectivity index (χ2n) is 3.16. The Kier molecular flexibility index (Phi) is 9.86. The molecule has 0 aliphatic rings. The van der Waals surface area contributed by atoms with Gasteiger partial charge >= 0.3 is 0 Å². The van der Waals surface area contributed by atoms with Crippen molar-refractivity contribution in [1.82, 2.24) is 9.97 Å². The Hall–Kier alpha value is -1.49. The topological polar surface area (TPSA) is 75.7 Å². The van der Waals surface area contributed by atoms with Gasteiger partial charge in [-0.15, -0.1) is 0 Å². The van der Waals surface area contributed by atoms with E-state index >= 15 is 0 Å². The predicted molar refractivity (Wildman–Crippen MR) is 70.6 cm³/mol. The van der Waals surface area contributed by atoms with Gasteiger partial charge in [0.15, 0.2) is 0 Å². The van der Waals surface area contributed by atoms with E-state index in [0.29, 0.717) is 0 Å². The van der Waals surface area contributed by atoms with Crippen LogP contribution in [0.1, 0.15) is 0 Å². The fourth-order valence-corrected chi connectivity index (χ4v) is 1.36. The van der Waals surface area contributed by atoms with E-state index < -0.39 is 0 Å². The number of hydrogen-bond acceptors (Lipinski definition) is 4. The van der Waals surface area contributed by atoms with Crippen LogP contribution in [0.4, 0.5) is 0 Å². The van der Waals surface area contributed by atoms with Crippen molar-refractivity contribution >= 4 is 0 Å². The third-order valence-corrected chi connectivity index (χ3v) is 2.20. The number of hydrogen-bond donors (Lipinski definition) is 0. The van der Waals surface area contributed by atoms with E-state index in [2.05, 4.69) is 9.97 Å². The van der Waals surface area contributed by atoms with Gasteiger partial charge in [0.1, 0.15) is 11.5 Å². The molecule has 0 saturated heterocycles. The fourth-order valence-electron chi connectivity index (χ4n) is 1.36. The summed E-state index contributed by atoms with van der Waals surface area (Å²) in [5, 5.41) is 0. The van der Waals surface area contributed by atoms with Crippen molar-refractivity contribution in [3.05, 3.63) is 44.1 Å². The van der Waals surface area contributed by atoms with E-state index in [1.54, 1.807) is 38.7 Å². The van der Waals surface area contributed by atoms with Crippen LogP contribution in [0.3, 0.4) is 0 Å². The van der Waals surface area contributed by atoms with Gasteiger partial charge in [0.25, 0.3) is 0 Å². The summed E-state index contributed by atoms with van der Waals surface area (Å²) >= 11 is 0. The molecule has 2 aromatic rings. The molecule has 0 saturated carbocycles. The van der Waals surface area contributed by atoms with Crippen molar-refractivity contribution in [3.63, 3.8) is 0 Å². The molecule has 6 heteroatoms.